The van der Waals surface area contributed by atoms with E-state index >= 15 is 0 Å². The Morgan fingerprint density at radius 2 is 2.00 bits per heavy atom. The zero-order valence-corrected chi connectivity index (χ0v) is 12.0. The van der Waals surface area contributed by atoms with Crippen molar-refractivity contribution in [3.05, 3.63) is 48.5 Å². The predicted octanol–water partition coefficient (Wildman–Crippen LogP) is 1.50. The minimum absolute atomic E-state index is 0.611. The third-order valence-electron chi connectivity index (χ3n) is 3.95. The van der Waals surface area contributed by atoms with E-state index in [4.69, 9.17) is 4.74 Å². The van der Waals surface area contributed by atoms with E-state index in [0.29, 0.717) is 32.6 Å². The van der Waals surface area contributed by atoms with E-state index < -0.39 is 5.60 Å². The summed E-state index contributed by atoms with van der Waals surface area (Å²) in [5.74, 6) is 0. The van der Waals surface area contributed by atoms with Crippen molar-refractivity contribution in [2.24, 2.45) is 0 Å². The maximum atomic E-state index is 10.4. The molecule has 0 saturated carbocycles. The Morgan fingerprint density at radius 1 is 1.24 bits per heavy atom. The third-order valence-corrected chi connectivity index (χ3v) is 3.95. The van der Waals surface area contributed by atoms with Crippen molar-refractivity contribution in [1.29, 1.82) is 0 Å². The first-order valence-corrected chi connectivity index (χ1v) is 7.33. The maximum absolute atomic E-state index is 10.4. The highest BCUT2D eigenvalue weighted by Crippen LogP contribution is 2.19. The summed E-state index contributed by atoms with van der Waals surface area (Å²) in [7, 11) is 0. The Labute approximate surface area is 124 Å². The fourth-order valence-electron chi connectivity index (χ4n) is 2.57. The van der Waals surface area contributed by atoms with E-state index in [2.05, 4.69) is 34.6 Å². The Morgan fingerprint density at radius 3 is 2.67 bits per heavy atom. The topological polar surface area (TPSA) is 59.3 Å². The molecule has 0 atom stereocenters. The van der Waals surface area contributed by atoms with Gasteiger partial charge < -0.3 is 19.7 Å². The quantitative estimate of drug-likeness (QED) is 0.875. The van der Waals surface area contributed by atoms with Crippen LogP contribution in [0.3, 0.4) is 0 Å². The number of aliphatic hydroxyl groups is 1. The first-order valence-electron chi connectivity index (χ1n) is 7.33. The first kappa shape index (κ1) is 14.3. The first-order chi connectivity index (χ1) is 10.3. The summed E-state index contributed by atoms with van der Waals surface area (Å²) in [6.07, 6.45) is 6.89. The van der Waals surface area contributed by atoms with Gasteiger partial charge in [0.15, 0.2) is 0 Å². The molecule has 1 aliphatic rings. The lowest BCUT2D eigenvalue weighted by molar-refractivity contribution is -0.0617. The SMILES string of the molecule is OC1(CNCc2ccc(-n3ccnc3)cc2)CCOCC1. The van der Waals surface area contributed by atoms with E-state index in [1.54, 1.807) is 12.5 Å². The van der Waals surface area contributed by atoms with E-state index in [1.807, 2.05) is 10.8 Å². The summed E-state index contributed by atoms with van der Waals surface area (Å²) in [6, 6.07) is 8.33. The summed E-state index contributed by atoms with van der Waals surface area (Å²) in [5.41, 5.74) is 1.68. The molecule has 2 N–H and O–H groups in total. The van der Waals surface area contributed by atoms with Crippen molar-refractivity contribution >= 4 is 0 Å². The molecule has 21 heavy (non-hydrogen) atoms. The van der Waals surface area contributed by atoms with Crippen LogP contribution in [0.2, 0.25) is 0 Å². The second-order valence-electron chi connectivity index (χ2n) is 5.58. The number of rotatable bonds is 5. The summed E-state index contributed by atoms with van der Waals surface area (Å²) in [4.78, 5) is 4.04. The molecule has 112 valence electrons. The smallest absolute Gasteiger partial charge is 0.0991 e. The monoisotopic (exact) mass is 287 g/mol. The molecule has 2 heterocycles. The zero-order chi connectivity index (χ0) is 14.5. The van der Waals surface area contributed by atoms with Gasteiger partial charge in [0, 0.05) is 57.2 Å². The molecule has 5 heteroatoms. The number of imidazole rings is 1. The summed E-state index contributed by atoms with van der Waals surface area (Å²) >= 11 is 0. The molecule has 1 saturated heterocycles. The molecule has 2 aromatic rings. The summed E-state index contributed by atoms with van der Waals surface area (Å²) in [6.45, 7) is 2.67. The molecule has 0 amide bonds. The number of nitrogens with zero attached hydrogens (tertiary/aromatic N) is 2. The Bertz CT molecular complexity index is 545. The molecule has 1 aliphatic heterocycles. The molecule has 3 rings (SSSR count). The van der Waals surface area contributed by atoms with E-state index in [9.17, 15) is 5.11 Å². The lowest BCUT2D eigenvalue weighted by atomic mass is 9.94. The highest BCUT2D eigenvalue weighted by molar-refractivity contribution is 5.34. The molecule has 1 fully saturated rings. The van der Waals surface area contributed by atoms with Crippen LogP contribution in [0.4, 0.5) is 0 Å². The Hall–Kier alpha value is -1.69. The van der Waals surface area contributed by atoms with Gasteiger partial charge >= 0.3 is 0 Å². The van der Waals surface area contributed by atoms with E-state index in [-0.39, 0.29) is 0 Å². The second kappa shape index (κ2) is 6.39. The van der Waals surface area contributed by atoms with Crippen LogP contribution in [0, 0.1) is 0 Å². The number of nitrogens with one attached hydrogen (secondary N) is 1. The standard InChI is InChI=1S/C16H21N3O2/c20-16(5-9-21-10-6-16)12-18-11-14-1-3-15(4-2-14)19-8-7-17-13-19/h1-4,7-8,13,18,20H,5-6,9-12H2. The van der Waals surface area contributed by atoms with Crippen molar-refractivity contribution in [2.75, 3.05) is 19.8 Å². The minimum atomic E-state index is -0.616. The molecule has 0 aliphatic carbocycles. The lowest BCUT2D eigenvalue weighted by Crippen LogP contribution is -2.44. The summed E-state index contributed by atoms with van der Waals surface area (Å²) in [5, 5.41) is 13.7. The van der Waals surface area contributed by atoms with E-state index in [0.717, 1.165) is 12.2 Å². The van der Waals surface area contributed by atoms with Gasteiger partial charge in [-0.15, -0.1) is 0 Å². The van der Waals surface area contributed by atoms with Crippen LogP contribution >= 0.6 is 0 Å². The molecule has 0 radical (unpaired) electrons. The zero-order valence-electron chi connectivity index (χ0n) is 12.0. The lowest BCUT2D eigenvalue weighted by Gasteiger charge is -2.32. The van der Waals surface area contributed by atoms with Crippen molar-refractivity contribution in [2.45, 2.75) is 25.0 Å². The van der Waals surface area contributed by atoms with Gasteiger partial charge in [-0.05, 0) is 17.7 Å². The van der Waals surface area contributed by atoms with Crippen molar-refractivity contribution in [3.63, 3.8) is 0 Å². The number of hydrogen-bond donors (Lipinski definition) is 2. The van der Waals surface area contributed by atoms with Crippen LogP contribution in [-0.4, -0.2) is 40.0 Å². The van der Waals surface area contributed by atoms with Gasteiger partial charge in [0.1, 0.15) is 0 Å². The van der Waals surface area contributed by atoms with Gasteiger partial charge in [-0.25, -0.2) is 4.98 Å². The highest BCUT2D eigenvalue weighted by atomic mass is 16.5. The van der Waals surface area contributed by atoms with Crippen molar-refractivity contribution in [3.8, 4) is 5.69 Å². The van der Waals surface area contributed by atoms with Gasteiger partial charge in [-0.2, -0.15) is 0 Å². The molecule has 1 aromatic carbocycles. The molecule has 0 bridgehead atoms. The number of benzene rings is 1. The second-order valence-corrected chi connectivity index (χ2v) is 5.58. The van der Waals surface area contributed by atoms with Crippen LogP contribution < -0.4 is 5.32 Å². The minimum Gasteiger partial charge on any atom is -0.388 e. The van der Waals surface area contributed by atoms with Crippen LogP contribution in [0.25, 0.3) is 5.69 Å². The van der Waals surface area contributed by atoms with Crippen LogP contribution in [0.15, 0.2) is 43.0 Å². The van der Waals surface area contributed by atoms with Crippen LogP contribution in [0.5, 0.6) is 0 Å². The average molecular weight is 287 g/mol. The van der Waals surface area contributed by atoms with Gasteiger partial charge in [0.05, 0.1) is 11.9 Å². The van der Waals surface area contributed by atoms with Crippen LogP contribution in [0.1, 0.15) is 18.4 Å². The normalized spacial score (nSPS) is 17.8. The maximum Gasteiger partial charge on any atom is 0.0991 e. The molecule has 0 unspecified atom stereocenters. The number of hydrogen-bond acceptors (Lipinski definition) is 4. The van der Waals surface area contributed by atoms with Crippen molar-refractivity contribution < 1.29 is 9.84 Å². The molecule has 5 nitrogen and oxygen atoms in total. The van der Waals surface area contributed by atoms with Crippen molar-refractivity contribution in [1.82, 2.24) is 14.9 Å². The largest absolute Gasteiger partial charge is 0.388 e. The fraction of sp³-hybridized carbons (Fsp3) is 0.438. The fourth-order valence-corrected chi connectivity index (χ4v) is 2.57. The molecule has 0 spiro atoms. The van der Waals surface area contributed by atoms with Gasteiger partial charge in [0.25, 0.3) is 0 Å². The van der Waals surface area contributed by atoms with Gasteiger partial charge in [0.2, 0.25) is 0 Å². The number of aromatic nitrogens is 2. The highest BCUT2D eigenvalue weighted by Gasteiger charge is 2.28. The third kappa shape index (κ3) is 3.69. The Kier molecular flexibility index (Phi) is 4.34. The number of ether oxygens (including phenoxy) is 1. The molecular weight excluding hydrogens is 266 g/mol. The van der Waals surface area contributed by atoms with E-state index in [1.165, 1.54) is 5.56 Å². The molecular formula is C16H21N3O2. The van der Waals surface area contributed by atoms with Gasteiger partial charge in [-0.3, -0.25) is 0 Å². The summed E-state index contributed by atoms with van der Waals surface area (Å²) < 4.78 is 7.26. The predicted molar refractivity (Wildman–Crippen MR) is 80.3 cm³/mol. The van der Waals surface area contributed by atoms with Gasteiger partial charge in [-0.1, -0.05) is 12.1 Å². The molecule has 1 aromatic heterocycles. The van der Waals surface area contributed by atoms with Crippen LogP contribution in [-0.2, 0) is 11.3 Å². The average Bonchev–Trinajstić information content (AvgIpc) is 3.03. The Balaban J connectivity index is 1.51.